The number of rotatable bonds is 7. The van der Waals surface area contributed by atoms with Crippen molar-refractivity contribution in [1.29, 1.82) is 0 Å². The molecule has 0 aromatic heterocycles. The minimum atomic E-state index is -0.302. The fourth-order valence-corrected chi connectivity index (χ4v) is 0.473. The van der Waals surface area contributed by atoms with Gasteiger partial charge in [0.05, 0.1) is 6.61 Å². The number of allylic oxidation sites excluding steroid dienone is 2. The molecule has 0 radical (unpaired) electrons. The Morgan fingerprint density at radius 1 is 1.00 bits per heavy atom. The Kier molecular flexibility index (Phi) is 40.7. The SMILES string of the molecule is C=CC(C)=O.C=CC=O.CCCC.CCCNC(=O)OCCC. The molecule has 1 N–H and O–H groups in total. The fraction of sp³-hybridized carbons (Fsp3) is 0.611. The van der Waals surface area contributed by atoms with Gasteiger partial charge in [-0.3, -0.25) is 9.59 Å². The van der Waals surface area contributed by atoms with Crippen molar-refractivity contribution in [3.05, 3.63) is 25.3 Å². The van der Waals surface area contributed by atoms with Crippen molar-refractivity contribution in [2.24, 2.45) is 0 Å². The van der Waals surface area contributed by atoms with Gasteiger partial charge in [0.25, 0.3) is 0 Å². The number of carbonyl (C=O) groups excluding carboxylic acids is 3. The van der Waals surface area contributed by atoms with Crippen molar-refractivity contribution in [3.8, 4) is 0 Å². The summed E-state index contributed by atoms with van der Waals surface area (Å²) in [7, 11) is 0. The number of ketones is 1. The average molecular weight is 329 g/mol. The summed E-state index contributed by atoms with van der Waals surface area (Å²) in [6.45, 7) is 17.3. The molecule has 0 aliphatic carbocycles. The Hall–Kier alpha value is -1.91. The molecule has 0 fully saturated rings. The van der Waals surface area contributed by atoms with Gasteiger partial charge < -0.3 is 10.1 Å². The van der Waals surface area contributed by atoms with Crippen molar-refractivity contribution < 1.29 is 19.1 Å². The predicted octanol–water partition coefficient (Wildman–Crippen LogP) is 4.47. The van der Waals surface area contributed by atoms with Crippen molar-refractivity contribution >= 4 is 18.2 Å². The summed E-state index contributed by atoms with van der Waals surface area (Å²) >= 11 is 0. The lowest BCUT2D eigenvalue weighted by Gasteiger charge is -2.02. The van der Waals surface area contributed by atoms with E-state index in [4.69, 9.17) is 9.53 Å². The zero-order valence-corrected chi connectivity index (χ0v) is 15.5. The number of nitrogens with one attached hydrogen (secondary N) is 1. The van der Waals surface area contributed by atoms with E-state index >= 15 is 0 Å². The van der Waals surface area contributed by atoms with Gasteiger partial charge in [0.2, 0.25) is 0 Å². The van der Waals surface area contributed by atoms with Crippen LogP contribution in [0.25, 0.3) is 0 Å². The monoisotopic (exact) mass is 329 g/mol. The standard InChI is InChI=1S/C7H15NO2.C4H6O.C4H10.C3H4O/c1-3-5-8-7(9)10-6-4-2;1-3-4(2)5;1-3-4-2;1-2-3-4/h3-6H2,1-2H3,(H,8,9);3H,1H2,2H3;3-4H2,1-2H3;2-3H,1H2. The van der Waals surface area contributed by atoms with Gasteiger partial charge >= 0.3 is 6.09 Å². The number of hydrogen-bond donors (Lipinski definition) is 1. The van der Waals surface area contributed by atoms with Crippen LogP contribution in [-0.2, 0) is 14.3 Å². The molecule has 0 rings (SSSR count). The van der Waals surface area contributed by atoms with Gasteiger partial charge in [-0.25, -0.2) is 4.79 Å². The molecule has 0 aliphatic heterocycles. The van der Waals surface area contributed by atoms with Crippen molar-refractivity contribution in [2.45, 2.75) is 60.3 Å². The molecule has 0 heterocycles. The number of amides is 1. The summed E-state index contributed by atoms with van der Waals surface area (Å²) in [6, 6.07) is 0. The fourth-order valence-electron chi connectivity index (χ4n) is 0.473. The number of aldehydes is 1. The first-order valence-electron chi connectivity index (χ1n) is 8.01. The van der Waals surface area contributed by atoms with Crippen LogP contribution in [0.3, 0.4) is 0 Å². The first-order valence-corrected chi connectivity index (χ1v) is 8.01. The molecule has 0 atom stereocenters. The van der Waals surface area contributed by atoms with Crippen molar-refractivity contribution in [2.75, 3.05) is 13.2 Å². The zero-order chi connectivity index (χ0) is 18.9. The molecule has 23 heavy (non-hydrogen) atoms. The van der Waals surface area contributed by atoms with Gasteiger partial charge in [0.15, 0.2) is 5.78 Å². The highest BCUT2D eigenvalue weighted by molar-refractivity contribution is 5.86. The Bertz CT molecular complexity index is 271. The first kappa shape index (κ1) is 29.1. The lowest BCUT2D eigenvalue weighted by Crippen LogP contribution is -2.25. The van der Waals surface area contributed by atoms with Crippen LogP contribution in [0.4, 0.5) is 4.79 Å². The molecular weight excluding hydrogens is 294 g/mol. The maximum atomic E-state index is 10.6. The lowest BCUT2D eigenvalue weighted by molar-refractivity contribution is -0.112. The van der Waals surface area contributed by atoms with E-state index < -0.39 is 0 Å². The Balaban J connectivity index is -0.000000117. The van der Waals surface area contributed by atoms with E-state index in [9.17, 15) is 9.59 Å². The van der Waals surface area contributed by atoms with E-state index in [1.807, 2.05) is 13.8 Å². The summed E-state index contributed by atoms with van der Waals surface area (Å²) in [5, 5.41) is 2.61. The second-order valence-corrected chi connectivity index (χ2v) is 4.25. The van der Waals surface area contributed by atoms with Crippen LogP contribution in [0, 0.1) is 0 Å². The molecule has 5 nitrogen and oxygen atoms in total. The smallest absolute Gasteiger partial charge is 0.407 e. The minimum Gasteiger partial charge on any atom is -0.450 e. The summed E-state index contributed by atoms with van der Waals surface area (Å²) in [5.41, 5.74) is 0. The molecule has 0 bridgehead atoms. The second-order valence-electron chi connectivity index (χ2n) is 4.25. The van der Waals surface area contributed by atoms with Crippen LogP contribution in [0.2, 0.25) is 0 Å². The lowest BCUT2D eigenvalue weighted by atomic mass is 10.4. The highest BCUT2D eigenvalue weighted by atomic mass is 16.5. The average Bonchev–Trinajstić information content (AvgIpc) is 2.58. The highest BCUT2D eigenvalue weighted by Crippen LogP contribution is 1.81. The van der Waals surface area contributed by atoms with Gasteiger partial charge in [-0.05, 0) is 31.9 Å². The quantitative estimate of drug-likeness (QED) is 0.552. The Morgan fingerprint density at radius 2 is 1.43 bits per heavy atom. The summed E-state index contributed by atoms with van der Waals surface area (Å²) in [6.07, 6.45) is 7.27. The Labute approximate surface area is 142 Å². The third-order valence-electron chi connectivity index (χ3n) is 1.84. The zero-order valence-electron chi connectivity index (χ0n) is 15.5. The van der Waals surface area contributed by atoms with E-state index in [-0.39, 0.29) is 11.9 Å². The summed E-state index contributed by atoms with van der Waals surface area (Å²) < 4.78 is 4.74. The number of ether oxygens (including phenoxy) is 1. The first-order chi connectivity index (χ1) is 10.9. The Morgan fingerprint density at radius 3 is 1.65 bits per heavy atom. The van der Waals surface area contributed by atoms with Crippen LogP contribution < -0.4 is 5.32 Å². The number of unbranched alkanes of at least 4 members (excludes halogenated alkanes) is 1. The summed E-state index contributed by atoms with van der Waals surface area (Å²) in [5.74, 6) is 0.0185. The largest absolute Gasteiger partial charge is 0.450 e. The van der Waals surface area contributed by atoms with E-state index in [1.165, 1.54) is 31.9 Å². The van der Waals surface area contributed by atoms with E-state index in [1.54, 1.807) is 0 Å². The highest BCUT2D eigenvalue weighted by Gasteiger charge is 1.96. The van der Waals surface area contributed by atoms with Crippen LogP contribution in [0.15, 0.2) is 25.3 Å². The predicted molar refractivity (Wildman–Crippen MR) is 97.7 cm³/mol. The molecule has 0 aromatic rings. The third-order valence-corrected chi connectivity index (χ3v) is 1.84. The molecule has 0 saturated carbocycles. The van der Waals surface area contributed by atoms with Gasteiger partial charge in [0, 0.05) is 6.54 Å². The normalized spacial score (nSPS) is 7.52. The second kappa shape index (κ2) is 32.2. The van der Waals surface area contributed by atoms with Crippen LogP contribution in [-0.4, -0.2) is 31.3 Å². The topological polar surface area (TPSA) is 72.5 Å². The van der Waals surface area contributed by atoms with Crippen molar-refractivity contribution in [3.63, 3.8) is 0 Å². The molecule has 0 unspecified atom stereocenters. The maximum absolute atomic E-state index is 10.6. The van der Waals surface area contributed by atoms with Crippen LogP contribution in [0.5, 0.6) is 0 Å². The van der Waals surface area contributed by atoms with E-state index in [0.29, 0.717) is 19.4 Å². The number of carbonyl (C=O) groups is 3. The molecule has 5 heteroatoms. The number of alkyl carbamates (subject to hydrolysis) is 1. The molecule has 0 saturated heterocycles. The van der Waals surface area contributed by atoms with Gasteiger partial charge in [-0.2, -0.15) is 0 Å². The van der Waals surface area contributed by atoms with Crippen LogP contribution >= 0.6 is 0 Å². The van der Waals surface area contributed by atoms with Gasteiger partial charge in [0.1, 0.15) is 6.29 Å². The molecule has 0 aromatic carbocycles. The maximum Gasteiger partial charge on any atom is 0.407 e. The van der Waals surface area contributed by atoms with Crippen molar-refractivity contribution in [1.82, 2.24) is 5.32 Å². The third kappa shape index (κ3) is 64.6. The van der Waals surface area contributed by atoms with E-state index in [0.717, 1.165) is 12.8 Å². The number of hydrogen-bond acceptors (Lipinski definition) is 4. The molecule has 136 valence electrons. The van der Waals surface area contributed by atoms with Gasteiger partial charge in [-0.15, -0.1) is 0 Å². The van der Waals surface area contributed by atoms with E-state index in [2.05, 4.69) is 32.3 Å². The molecule has 1 amide bonds. The molecule has 0 spiro atoms. The summed E-state index contributed by atoms with van der Waals surface area (Å²) in [4.78, 5) is 29.4. The van der Waals surface area contributed by atoms with Gasteiger partial charge in [-0.1, -0.05) is 53.7 Å². The molecular formula is C18H35NO4. The van der Waals surface area contributed by atoms with Crippen LogP contribution in [0.1, 0.15) is 60.3 Å². The minimum absolute atomic E-state index is 0.0185. The molecule has 0 aliphatic rings.